The lowest BCUT2D eigenvalue weighted by Gasteiger charge is -2.44. The highest BCUT2D eigenvalue weighted by Crippen LogP contribution is 2.42. The first-order valence-corrected chi connectivity index (χ1v) is 9.72. The van der Waals surface area contributed by atoms with E-state index in [1.807, 2.05) is 30.5 Å². The summed E-state index contributed by atoms with van der Waals surface area (Å²) in [5, 5.41) is 11.4. The van der Waals surface area contributed by atoms with Gasteiger partial charge in [-0.3, -0.25) is 9.88 Å². The molecule has 0 amide bonds. The molecular formula is C22H24FN3O. The van der Waals surface area contributed by atoms with E-state index in [2.05, 4.69) is 20.5 Å². The van der Waals surface area contributed by atoms with Gasteiger partial charge in [-0.25, -0.2) is 4.39 Å². The van der Waals surface area contributed by atoms with Gasteiger partial charge in [0.25, 0.3) is 0 Å². The normalized spacial score (nSPS) is 28.1. The number of piperidine rings is 1. The Balaban J connectivity index is 1.33. The molecule has 5 rings (SSSR count). The Hall–Kier alpha value is -2.24. The Morgan fingerprint density at radius 3 is 2.56 bits per heavy atom. The number of aromatic nitrogens is 2. The third-order valence-corrected chi connectivity index (χ3v) is 6.28. The van der Waals surface area contributed by atoms with Gasteiger partial charge in [0.15, 0.2) is 0 Å². The summed E-state index contributed by atoms with van der Waals surface area (Å²) >= 11 is 0. The molecular weight excluding hydrogens is 341 g/mol. The number of aliphatic hydroxyl groups is 1. The third-order valence-electron chi connectivity index (χ3n) is 6.28. The highest BCUT2D eigenvalue weighted by Gasteiger charge is 2.47. The lowest BCUT2D eigenvalue weighted by Crippen LogP contribution is -2.52. The molecule has 4 nitrogen and oxygen atoms in total. The molecule has 3 aromatic rings. The van der Waals surface area contributed by atoms with Crippen molar-refractivity contribution in [2.75, 3.05) is 0 Å². The van der Waals surface area contributed by atoms with Crippen LogP contribution in [0.4, 0.5) is 4.39 Å². The molecule has 4 heterocycles. The minimum atomic E-state index is -0.688. The van der Waals surface area contributed by atoms with Crippen LogP contribution in [0.3, 0.4) is 0 Å². The van der Waals surface area contributed by atoms with Crippen LogP contribution in [-0.2, 0) is 13.1 Å². The third kappa shape index (κ3) is 3.15. The predicted octanol–water partition coefficient (Wildman–Crippen LogP) is 3.73. The van der Waals surface area contributed by atoms with Crippen molar-refractivity contribution in [1.82, 2.24) is 14.5 Å². The molecule has 5 heteroatoms. The zero-order chi connectivity index (χ0) is 18.4. The minimum Gasteiger partial charge on any atom is -0.388 e. The second-order valence-electron chi connectivity index (χ2n) is 8.17. The summed E-state index contributed by atoms with van der Waals surface area (Å²) in [4.78, 5) is 6.90. The van der Waals surface area contributed by atoms with Crippen LogP contribution in [0.25, 0.3) is 11.0 Å². The largest absolute Gasteiger partial charge is 0.388 e. The van der Waals surface area contributed by atoms with Crippen molar-refractivity contribution in [2.45, 2.75) is 56.5 Å². The summed E-state index contributed by atoms with van der Waals surface area (Å²) in [6.45, 7) is 1.45. The lowest BCUT2D eigenvalue weighted by atomic mass is 9.85. The number of hydrogen-bond acceptors (Lipinski definition) is 3. The fourth-order valence-corrected chi connectivity index (χ4v) is 5.08. The van der Waals surface area contributed by atoms with Crippen molar-refractivity contribution < 1.29 is 9.50 Å². The van der Waals surface area contributed by atoms with Gasteiger partial charge >= 0.3 is 0 Å². The monoisotopic (exact) mass is 365 g/mol. The van der Waals surface area contributed by atoms with E-state index in [1.54, 1.807) is 6.20 Å². The molecule has 140 valence electrons. The number of pyridine rings is 1. The van der Waals surface area contributed by atoms with E-state index in [0.29, 0.717) is 18.6 Å². The smallest absolute Gasteiger partial charge is 0.123 e. The highest BCUT2D eigenvalue weighted by atomic mass is 19.1. The molecule has 2 saturated heterocycles. The molecule has 2 aliphatic heterocycles. The molecule has 0 unspecified atom stereocenters. The lowest BCUT2D eigenvalue weighted by molar-refractivity contribution is -0.0644. The van der Waals surface area contributed by atoms with Crippen molar-refractivity contribution >= 4 is 11.0 Å². The van der Waals surface area contributed by atoms with Crippen LogP contribution in [0.1, 0.15) is 31.2 Å². The molecule has 1 aromatic carbocycles. The van der Waals surface area contributed by atoms with Crippen LogP contribution in [0.5, 0.6) is 0 Å². The highest BCUT2D eigenvalue weighted by molar-refractivity contribution is 5.75. The van der Waals surface area contributed by atoms with E-state index in [0.717, 1.165) is 48.8 Å². The van der Waals surface area contributed by atoms with E-state index in [1.165, 1.54) is 12.1 Å². The maximum Gasteiger partial charge on any atom is 0.123 e. The molecule has 27 heavy (non-hydrogen) atoms. The van der Waals surface area contributed by atoms with Gasteiger partial charge in [-0.1, -0.05) is 12.1 Å². The van der Waals surface area contributed by atoms with Crippen molar-refractivity contribution in [3.8, 4) is 0 Å². The van der Waals surface area contributed by atoms with E-state index in [4.69, 9.17) is 0 Å². The number of hydrogen-bond donors (Lipinski definition) is 1. The van der Waals surface area contributed by atoms with Crippen LogP contribution in [0.2, 0.25) is 0 Å². The number of fused-ring (bicyclic) bond motifs is 3. The molecule has 2 aliphatic rings. The second kappa shape index (κ2) is 6.43. The van der Waals surface area contributed by atoms with Crippen molar-refractivity contribution in [3.63, 3.8) is 0 Å². The second-order valence-corrected chi connectivity index (χ2v) is 8.17. The Kier molecular flexibility index (Phi) is 4.02. The summed E-state index contributed by atoms with van der Waals surface area (Å²) in [5.74, 6) is -0.191. The molecule has 0 aliphatic carbocycles. The zero-order valence-electron chi connectivity index (χ0n) is 15.3. The van der Waals surface area contributed by atoms with Gasteiger partial charge in [-0.15, -0.1) is 0 Å². The van der Waals surface area contributed by atoms with Gasteiger partial charge in [-0.05, 0) is 61.6 Å². The Morgan fingerprint density at radius 2 is 1.81 bits per heavy atom. The van der Waals surface area contributed by atoms with Crippen molar-refractivity contribution in [3.05, 3.63) is 66.2 Å². The van der Waals surface area contributed by atoms with Crippen LogP contribution >= 0.6 is 0 Å². The molecule has 0 radical (unpaired) electrons. The first-order valence-electron chi connectivity index (χ1n) is 9.72. The van der Waals surface area contributed by atoms with Gasteiger partial charge in [-0.2, -0.15) is 0 Å². The van der Waals surface area contributed by atoms with Crippen molar-refractivity contribution in [1.29, 1.82) is 0 Å². The molecule has 2 bridgehead atoms. The van der Waals surface area contributed by atoms with Crippen LogP contribution in [-0.4, -0.2) is 37.2 Å². The van der Waals surface area contributed by atoms with Gasteiger partial charge in [0.05, 0.1) is 23.2 Å². The standard InChI is InChI=1S/C22H24FN3O/c23-17-5-3-16(4-6-17)14-26-18-7-8-19(26)13-22(27,12-18)15-25-11-9-20-21(25)2-1-10-24-20/h1-6,9-11,18-19,27H,7-8,12-15H2/t18-,19-/m0/s1. The topological polar surface area (TPSA) is 41.3 Å². The average Bonchev–Trinajstić information content (AvgIpc) is 3.16. The number of nitrogens with zero attached hydrogens (tertiary/aromatic N) is 3. The molecule has 0 saturated carbocycles. The first-order chi connectivity index (χ1) is 13.1. The van der Waals surface area contributed by atoms with Gasteiger partial charge < -0.3 is 9.67 Å². The predicted molar refractivity (Wildman–Crippen MR) is 103 cm³/mol. The first kappa shape index (κ1) is 16.9. The Labute approximate surface area is 158 Å². The molecule has 2 aromatic heterocycles. The summed E-state index contributed by atoms with van der Waals surface area (Å²) < 4.78 is 15.3. The fourth-order valence-electron chi connectivity index (χ4n) is 5.08. The van der Waals surface area contributed by atoms with Crippen LogP contribution in [0, 0.1) is 5.82 Å². The van der Waals surface area contributed by atoms with E-state index in [-0.39, 0.29) is 5.82 Å². The summed E-state index contributed by atoms with van der Waals surface area (Å²) in [6.07, 6.45) is 7.65. The molecule has 2 fully saturated rings. The van der Waals surface area contributed by atoms with Gasteiger partial charge in [0, 0.05) is 31.0 Å². The maximum absolute atomic E-state index is 13.2. The summed E-state index contributed by atoms with van der Waals surface area (Å²) in [7, 11) is 0. The molecule has 1 N–H and O–H groups in total. The van der Waals surface area contributed by atoms with Crippen LogP contribution < -0.4 is 0 Å². The van der Waals surface area contributed by atoms with Gasteiger partial charge in [0.2, 0.25) is 0 Å². The Bertz CT molecular complexity index is 938. The summed E-state index contributed by atoms with van der Waals surface area (Å²) in [6, 6.07) is 13.6. The number of benzene rings is 1. The molecule has 2 atom stereocenters. The number of rotatable bonds is 4. The van der Waals surface area contributed by atoms with Gasteiger partial charge in [0.1, 0.15) is 5.82 Å². The fraction of sp³-hybridized carbons (Fsp3) is 0.409. The van der Waals surface area contributed by atoms with Crippen LogP contribution in [0.15, 0.2) is 54.9 Å². The summed E-state index contributed by atoms with van der Waals surface area (Å²) in [5.41, 5.74) is 2.50. The van der Waals surface area contributed by atoms with E-state index in [9.17, 15) is 9.50 Å². The zero-order valence-corrected chi connectivity index (χ0v) is 15.3. The van der Waals surface area contributed by atoms with E-state index >= 15 is 0 Å². The minimum absolute atomic E-state index is 0.191. The average molecular weight is 365 g/mol. The quantitative estimate of drug-likeness (QED) is 0.766. The van der Waals surface area contributed by atoms with Crippen molar-refractivity contribution in [2.24, 2.45) is 0 Å². The maximum atomic E-state index is 13.2. The Morgan fingerprint density at radius 1 is 1.07 bits per heavy atom. The molecule has 0 spiro atoms. The number of halogens is 1. The SMILES string of the molecule is OC1(Cn2ccc3ncccc32)C[C@@H]2CC[C@@H](C1)N2Cc1ccc(F)cc1. The van der Waals surface area contributed by atoms with E-state index < -0.39 is 5.60 Å².